The molecule has 4 nitrogen and oxygen atoms in total. The van der Waals surface area contributed by atoms with E-state index < -0.39 is 5.91 Å². The maximum Gasteiger partial charge on any atom is 0.248 e. The Morgan fingerprint density at radius 2 is 2.10 bits per heavy atom. The van der Waals surface area contributed by atoms with Crippen molar-refractivity contribution in [1.29, 1.82) is 0 Å². The fourth-order valence-corrected chi connectivity index (χ4v) is 2.84. The van der Waals surface area contributed by atoms with Gasteiger partial charge in [0.1, 0.15) is 0 Å². The summed E-state index contributed by atoms with van der Waals surface area (Å²) in [5.74, 6) is -0.404. The van der Waals surface area contributed by atoms with Crippen molar-refractivity contribution in [1.82, 2.24) is 4.98 Å². The van der Waals surface area contributed by atoms with Crippen molar-refractivity contribution in [2.45, 2.75) is 39.7 Å². The molecular formula is C16H21N3OS. The standard InChI is InChI=1S/C16H21N3OS/c1-10-7-11(14(17)20)5-6-13(10)18-8-12-9-21-15(19-12)16(2,3)4/h5-7,9,18H,8H2,1-4H3,(H2,17,20). The number of rotatable bonds is 4. The number of aromatic nitrogens is 1. The van der Waals surface area contributed by atoms with Crippen molar-refractivity contribution in [3.63, 3.8) is 0 Å². The number of primary amides is 1. The van der Waals surface area contributed by atoms with Crippen molar-refractivity contribution < 1.29 is 4.79 Å². The van der Waals surface area contributed by atoms with Crippen LogP contribution in [0, 0.1) is 6.92 Å². The molecule has 1 aromatic carbocycles. The summed E-state index contributed by atoms with van der Waals surface area (Å²) in [5.41, 5.74) is 8.91. The lowest BCUT2D eigenvalue weighted by molar-refractivity contribution is 0.1000. The lowest BCUT2D eigenvalue weighted by Crippen LogP contribution is -2.12. The third-order valence-corrected chi connectivity index (χ3v) is 4.48. The lowest BCUT2D eigenvalue weighted by Gasteiger charge is -2.13. The van der Waals surface area contributed by atoms with Crippen LogP contribution in [0.3, 0.4) is 0 Å². The topological polar surface area (TPSA) is 68.0 Å². The first-order chi connectivity index (χ1) is 9.77. The molecular weight excluding hydrogens is 282 g/mol. The van der Waals surface area contributed by atoms with Crippen LogP contribution >= 0.6 is 11.3 Å². The quantitative estimate of drug-likeness (QED) is 0.909. The molecule has 0 radical (unpaired) electrons. The summed E-state index contributed by atoms with van der Waals surface area (Å²) in [5, 5.41) is 6.58. The van der Waals surface area contributed by atoms with Crippen LogP contribution in [0.2, 0.25) is 0 Å². The first-order valence-corrected chi connectivity index (χ1v) is 7.74. The van der Waals surface area contributed by atoms with E-state index in [1.54, 1.807) is 23.5 Å². The van der Waals surface area contributed by atoms with E-state index >= 15 is 0 Å². The van der Waals surface area contributed by atoms with Gasteiger partial charge >= 0.3 is 0 Å². The summed E-state index contributed by atoms with van der Waals surface area (Å²) < 4.78 is 0. The molecule has 0 aliphatic rings. The molecule has 3 N–H and O–H groups in total. The third kappa shape index (κ3) is 3.82. The maximum atomic E-state index is 11.1. The molecule has 0 saturated heterocycles. The van der Waals surface area contributed by atoms with Gasteiger partial charge < -0.3 is 11.1 Å². The van der Waals surface area contributed by atoms with Crippen LogP contribution in [-0.4, -0.2) is 10.9 Å². The monoisotopic (exact) mass is 303 g/mol. The molecule has 0 aliphatic carbocycles. The SMILES string of the molecule is Cc1cc(C(N)=O)ccc1NCc1csc(C(C)(C)C)n1. The van der Waals surface area contributed by atoms with Crippen molar-refractivity contribution in [3.05, 3.63) is 45.4 Å². The van der Waals surface area contributed by atoms with E-state index in [9.17, 15) is 4.79 Å². The van der Waals surface area contributed by atoms with Gasteiger partial charge in [-0.1, -0.05) is 20.8 Å². The highest BCUT2D eigenvalue weighted by atomic mass is 32.1. The summed E-state index contributed by atoms with van der Waals surface area (Å²) in [6.07, 6.45) is 0. The Bertz CT molecular complexity index is 656. The summed E-state index contributed by atoms with van der Waals surface area (Å²) in [6, 6.07) is 5.41. The van der Waals surface area contributed by atoms with Gasteiger partial charge in [0.2, 0.25) is 5.91 Å². The van der Waals surface area contributed by atoms with Crippen LogP contribution in [0.15, 0.2) is 23.6 Å². The predicted molar refractivity (Wildman–Crippen MR) is 87.8 cm³/mol. The van der Waals surface area contributed by atoms with Crippen molar-refractivity contribution in [2.75, 3.05) is 5.32 Å². The highest BCUT2D eigenvalue weighted by Crippen LogP contribution is 2.26. The number of nitrogens with zero attached hydrogens (tertiary/aromatic N) is 1. The number of carbonyl (C=O) groups is 1. The number of hydrogen-bond acceptors (Lipinski definition) is 4. The first-order valence-electron chi connectivity index (χ1n) is 6.86. The minimum atomic E-state index is -0.404. The first kappa shape index (κ1) is 15.5. The van der Waals surface area contributed by atoms with E-state index in [1.807, 2.05) is 13.0 Å². The zero-order valence-corrected chi connectivity index (χ0v) is 13.7. The molecule has 0 saturated carbocycles. The van der Waals surface area contributed by atoms with E-state index in [4.69, 9.17) is 5.73 Å². The number of hydrogen-bond donors (Lipinski definition) is 2. The minimum absolute atomic E-state index is 0.0853. The Morgan fingerprint density at radius 3 is 2.62 bits per heavy atom. The van der Waals surface area contributed by atoms with Crippen LogP contribution in [0.1, 0.15) is 47.4 Å². The molecule has 0 unspecified atom stereocenters. The second kappa shape index (κ2) is 5.85. The zero-order valence-electron chi connectivity index (χ0n) is 12.9. The van der Waals surface area contributed by atoms with Crippen LogP contribution in [0.5, 0.6) is 0 Å². The number of anilines is 1. The van der Waals surface area contributed by atoms with Crippen LogP contribution in [0.4, 0.5) is 5.69 Å². The molecule has 0 aliphatic heterocycles. The molecule has 2 aromatic rings. The van der Waals surface area contributed by atoms with E-state index in [-0.39, 0.29) is 5.41 Å². The number of amides is 1. The van der Waals surface area contributed by atoms with Gasteiger partial charge in [-0.05, 0) is 30.7 Å². The highest BCUT2D eigenvalue weighted by Gasteiger charge is 2.17. The number of aryl methyl sites for hydroxylation is 1. The molecule has 1 aromatic heterocycles. The molecule has 112 valence electrons. The summed E-state index contributed by atoms with van der Waals surface area (Å²) in [7, 11) is 0. The normalized spacial score (nSPS) is 11.4. The molecule has 1 heterocycles. The van der Waals surface area contributed by atoms with Gasteiger partial charge in [0.25, 0.3) is 0 Å². The Labute approximate surface area is 129 Å². The Morgan fingerprint density at radius 1 is 1.38 bits per heavy atom. The van der Waals surface area contributed by atoms with Gasteiger partial charge in [-0.15, -0.1) is 11.3 Å². The molecule has 2 rings (SSSR count). The average Bonchev–Trinajstić information content (AvgIpc) is 2.85. The fourth-order valence-electron chi connectivity index (χ4n) is 1.93. The molecule has 0 atom stereocenters. The van der Waals surface area contributed by atoms with Crippen molar-refractivity contribution >= 4 is 22.9 Å². The van der Waals surface area contributed by atoms with Gasteiger partial charge in [-0.25, -0.2) is 4.98 Å². The zero-order chi connectivity index (χ0) is 15.6. The lowest BCUT2D eigenvalue weighted by atomic mass is 9.98. The van der Waals surface area contributed by atoms with Gasteiger partial charge in [0.15, 0.2) is 0 Å². The second-order valence-electron chi connectivity index (χ2n) is 6.14. The smallest absolute Gasteiger partial charge is 0.248 e. The highest BCUT2D eigenvalue weighted by molar-refractivity contribution is 7.09. The molecule has 0 bridgehead atoms. The van der Waals surface area contributed by atoms with Crippen molar-refractivity contribution in [2.24, 2.45) is 5.73 Å². The maximum absolute atomic E-state index is 11.1. The van der Waals surface area contributed by atoms with Crippen LogP contribution < -0.4 is 11.1 Å². The molecule has 5 heteroatoms. The third-order valence-electron chi connectivity index (χ3n) is 3.16. The number of benzene rings is 1. The predicted octanol–water partition coefficient (Wildman–Crippen LogP) is 3.46. The number of carbonyl (C=O) groups excluding carboxylic acids is 1. The Hall–Kier alpha value is -1.88. The number of thiazole rings is 1. The molecule has 21 heavy (non-hydrogen) atoms. The van der Waals surface area contributed by atoms with E-state index in [2.05, 4.69) is 36.5 Å². The van der Waals surface area contributed by atoms with E-state index in [1.165, 1.54) is 0 Å². The molecule has 1 amide bonds. The van der Waals surface area contributed by atoms with Crippen LogP contribution in [0.25, 0.3) is 0 Å². The van der Waals surface area contributed by atoms with Crippen LogP contribution in [-0.2, 0) is 12.0 Å². The Kier molecular flexibility index (Phi) is 4.32. The van der Waals surface area contributed by atoms with Gasteiger partial charge in [0, 0.05) is 22.0 Å². The van der Waals surface area contributed by atoms with E-state index in [0.29, 0.717) is 12.1 Å². The number of nitrogens with two attached hydrogens (primary N) is 1. The number of nitrogens with one attached hydrogen (secondary N) is 1. The minimum Gasteiger partial charge on any atom is -0.379 e. The Balaban J connectivity index is 2.06. The average molecular weight is 303 g/mol. The summed E-state index contributed by atoms with van der Waals surface area (Å²) in [4.78, 5) is 15.8. The molecule has 0 spiro atoms. The van der Waals surface area contributed by atoms with E-state index in [0.717, 1.165) is 22.0 Å². The second-order valence-corrected chi connectivity index (χ2v) is 7.00. The van der Waals surface area contributed by atoms with Gasteiger partial charge in [-0.2, -0.15) is 0 Å². The fraction of sp³-hybridized carbons (Fsp3) is 0.375. The van der Waals surface area contributed by atoms with Gasteiger partial charge in [0.05, 0.1) is 17.2 Å². The largest absolute Gasteiger partial charge is 0.379 e. The molecule has 0 fully saturated rings. The summed E-state index contributed by atoms with van der Waals surface area (Å²) >= 11 is 1.69. The van der Waals surface area contributed by atoms with Crippen molar-refractivity contribution in [3.8, 4) is 0 Å². The van der Waals surface area contributed by atoms with Gasteiger partial charge in [-0.3, -0.25) is 4.79 Å². The summed E-state index contributed by atoms with van der Waals surface area (Å²) in [6.45, 7) is 9.11.